The van der Waals surface area contributed by atoms with E-state index in [4.69, 9.17) is 27.9 Å². The van der Waals surface area contributed by atoms with Crippen molar-refractivity contribution in [2.24, 2.45) is 0 Å². The molecule has 2 N–H and O–H groups in total. The Morgan fingerprint density at radius 3 is 2.48 bits per heavy atom. The Bertz CT molecular complexity index is 940. The van der Waals surface area contributed by atoms with E-state index in [9.17, 15) is 14.4 Å². The minimum absolute atomic E-state index is 0.170. The third-order valence-electron chi connectivity index (χ3n) is 4.36. The van der Waals surface area contributed by atoms with Gasteiger partial charge in [-0.3, -0.25) is 9.59 Å². The Morgan fingerprint density at radius 2 is 1.90 bits per heavy atom. The molecule has 0 fully saturated rings. The van der Waals surface area contributed by atoms with Crippen LogP contribution in [0.2, 0.25) is 10.0 Å². The van der Waals surface area contributed by atoms with Crippen molar-refractivity contribution < 1.29 is 19.1 Å². The Morgan fingerprint density at radius 1 is 1.21 bits per heavy atom. The average molecular weight is 440 g/mol. The number of ether oxygens (including phenoxy) is 1. The van der Waals surface area contributed by atoms with E-state index < -0.39 is 11.9 Å². The number of carbonyl (C=O) groups excluding carboxylic acids is 3. The largest absolute Gasteiger partial charge is 0.465 e. The van der Waals surface area contributed by atoms with Crippen LogP contribution in [0, 0.1) is 13.8 Å². The van der Waals surface area contributed by atoms with Crippen LogP contribution in [0.1, 0.15) is 45.4 Å². The first-order valence-corrected chi connectivity index (χ1v) is 9.76. The lowest BCUT2D eigenvalue weighted by Crippen LogP contribution is -2.39. The Labute approximate surface area is 179 Å². The molecule has 2 rings (SSSR count). The number of anilines is 1. The fourth-order valence-corrected chi connectivity index (χ4v) is 3.46. The molecule has 0 unspecified atom stereocenters. The Hall–Kier alpha value is -2.51. The lowest BCUT2D eigenvalue weighted by molar-refractivity contribution is -0.116. The molecule has 0 saturated carbocycles. The summed E-state index contributed by atoms with van der Waals surface area (Å²) in [6.07, 6.45) is 0.656. The number of nitrogens with one attached hydrogen (secondary N) is 2. The maximum atomic E-state index is 13.1. The van der Waals surface area contributed by atoms with Crippen LogP contribution in [0.25, 0.3) is 0 Å². The predicted octanol–water partition coefficient (Wildman–Crippen LogP) is 4.22. The summed E-state index contributed by atoms with van der Waals surface area (Å²) >= 11 is 11.9. The van der Waals surface area contributed by atoms with Crippen LogP contribution in [0.4, 0.5) is 5.69 Å². The van der Waals surface area contributed by atoms with Gasteiger partial charge < -0.3 is 19.9 Å². The molecule has 7 nitrogen and oxygen atoms in total. The number of esters is 1. The van der Waals surface area contributed by atoms with E-state index in [-0.39, 0.29) is 18.1 Å². The first-order chi connectivity index (χ1) is 13.7. The first-order valence-electron chi connectivity index (χ1n) is 9.01. The van der Waals surface area contributed by atoms with Crippen LogP contribution in [0.15, 0.2) is 18.2 Å². The average Bonchev–Trinajstić information content (AvgIpc) is 2.96. The molecule has 0 aliphatic carbocycles. The third kappa shape index (κ3) is 5.31. The van der Waals surface area contributed by atoms with Gasteiger partial charge in [-0.05, 0) is 44.0 Å². The van der Waals surface area contributed by atoms with Crippen molar-refractivity contribution in [1.82, 2.24) is 9.88 Å². The van der Waals surface area contributed by atoms with E-state index in [1.165, 1.54) is 18.1 Å². The van der Waals surface area contributed by atoms with Crippen molar-refractivity contribution in [3.05, 3.63) is 50.8 Å². The highest BCUT2D eigenvalue weighted by atomic mass is 35.5. The summed E-state index contributed by atoms with van der Waals surface area (Å²) in [5.74, 6) is -1.29. The number of benzene rings is 1. The molecule has 0 atom stereocenters. The number of H-pyrrole nitrogens is 1. The molecule has 2 amide bonds. The number of hydrogen-bond donors (Lipinski definition) is 2. The molecule has 1 heterocycles. The van der Waals surface area contributed by atoms with Crippen molar-refractivity contribution >= 4 is 46.7 Å². The molecular formula is C20H23Cl2N3O4. The van der Waals surface area contributed by atoms with Gasteiger partial charge in [0.25, 0.3) is 5.91 Å². The molecule has 0 aliphatic heterocycles. The van der Waals surface area contributed by atoms with Crippen molar-refractivity contribution in [2.45, 2.75) is 27.2 Å². The summed E-state index contributed by atoms with van der Waals surface area (Å²) < 4.78 is 4.78. The summed E-state index contributed by atoms with van der Waals surface area (Å²) in [5, 5.41) is 3.44. The van der Waals surface area contributed by atoms with Gasteiger partial charge in [0, 0.05) is 17.3 Å². The van der Waals surface area contributed by atoms with E-state index in [1.807, 2.05) is 6.92 Å². The monoisotopic (exact) mass is 439 g/mol. The molecule has 2 aromatic rings. The first kappa shape index (κ1) is 22.8. The Kier molecular flexibility index (Phi) is 7.70. The number of aryl methyl sites for hydroxylation is 1. The molecule has 0 aliphatic rings. The Balaban J connectivity index is 2.21. The highest BCUT2D eigenvalue weighted by Gasteiger charge is 2.26. The van der Waals surface area contributed by atoms with Crippen molar-refractivity contribution in [3.8, 4) is 0 Å². The highest BCUT2D eigenvalue weighted by molar-refractivity contribution is 6.36. The number of amides is 2. The van der Waals surface area contributed by atoms with Crippen LogP contribution in [0.5, 0.6) is 0 Å². The van der Waals surface area contributed by atoms with Gasteiger partial charge in [0.05, 0.1) is 23.4 Å². The molecule has 0 saturated heterocycles. The SMILES string of the molecule is CCCN(CC(=O)Nc1ccc(Cl)cc1Cl)C(=O)c1[nH]c(C)c(C(=O)OC)c1C. The summed E-state index contributed by atoms with van der Waals surface area (Å²) in [4.78, 5) is 41.9. The van der Waals surface area contributed by atoms with Gasteiger partial charge in [0.15, 0.2) is 0 Å². The lowest BCUT2D eigenvalue weighted by atomic mass is 10.1. The van der Waals surface area contributed by atoms with E-state index in [0.29, 0.717) is 45.5 Å². The minimum Gasteiger partial charge on any atom is -0.465 e. The van der Waals surface area contributed by atoms with Crippen LogP contribution >= 0.6 is 23.2 Å². The lowest BCUT2D eigenvalue weighted by Gasteiger charge is -2.21. The van der Waals surface area contributed by atoms with Crippen LogP contribution in [0.3, 0.4) is 0 Å². The summed E-state index contributed by atoms with van der Waals surface area (Å²) in [6, 6.07) is 4.72. The molecule has 9 heteroatoms. The van der Waals surface area contributed by atoms with Gasteiger partial charge in [-0.2, -0.15) is 0 Å². The normalized spacial score (nSPS) is 10.6. The number of aromatic nitrogens is 1. The summed E-state index contributed by atoms with van der Waals surface area (Å²) in [5.41, 5.74) is 2.01. The second-order valence-corrected chi connectivity index (χ2v) is 7.36. The number of rotatable bonds is 7. The molecule has 0 bridgehead atoms. The number of carbonyl (C=O) groups is 3. The smallest absolute Gasteiger partial charge is 0.339 e. The number of methoxy groups -OCH3 is 1. The summed E-state index contributed by atoms with van der Waals surface area (Å²) in [7, 11) is 1.28. The van der Waals surface area contributed by atoms with Gasteiger partial charge in [-0.1, -0.05) is 30.1 Å². The number of halogens is 2. The van der Waals surface area contributed by atoms with Gasteiger partial charge in [0.1, 0.15) is 12.2 Å². The predicted molar refractivity (Wildman–Crippen MR) is 113 cm³/mol. The van der Waals surface area contributed by atoms with Crippen molar-refractivity contribution in [1.29, 1.82) is 0 Å². The molecule has 0 spiro atoms. The fraction of sp³-hybridized carbons (Fsp3) is 0.350. The fourth-order valence-electron chi connectivity index (χ4n) is 3.01. The molecule has 1 aromatic carbocycles. The zero-order chi connectivity index (χ0) is 21.7. The molecular weight excluding hydrogens is 417 g/mol. The standard InChI is InChI=1S/C20H23Cl2N3O4/c1-5-8-25(10-16(26)24-15-7-6-13(21)9-14(15)22)19(27)18-11(2)17(12(3)23-18)20(28)29-4/h6-7,9,23H,5,8,10H2,1-4H3,(H,24,26). The van der Waals surface area contributed by atoms with Gasteiger partial charge in [0.2, 0.25) is 5.91 Å². The van der Waals surface area contributed by atoms with Crippen molar-refractivity contribution in [3.63, 3.8) is 0 Å². The van der Waals surface area contributed by atoms with Gasteiger partial charge >= 0.3 is 5.97 Å². The van der Waals surface area contributed by atoms with Gasteiger partial charge in [-0.25, -0.2) is 4.79 Å². The van der Waals surface area contributed by atoms with E-state index in [0.717, 1.165) is 0 Å². The van der Waals surface area contributed by atoms with E-state index >= 15 is 0 Å². The minimum atomic E-state index is -0.521. The zero-order valence-electron chi connectivity index (χ0n) is 16.7. The third-order valence-corrected chi connectivity index (χ3v) is 4.91. The second kappa shape index (κ2) is 9.80. The summed E-state index contributed by atoms with van der Waals surface area (Å²) in [6.45, 7) is 5.46. The maximum absolute atomic E-state index is 13.1. The number of hydrogen-bond acceptors (Lipinski definition) is 4. The van der Waals surface area contributed by atoms with Crippen LogP contribution < -0.4 is 5.32 Å². The second-order valence-electron chi connectivity index (χ2n) is 6.52. The highest BCUT2D eigenvalue weighted by Crippen LogP contribution is 2.25. The molecule has 156 valence electrons. The number of aromatic amines is 1. The van der Waals surface area contributed by atoms with E-state index in [1.54, 1.807) is 26.0 Å². The number of nitrogens with zero attached hydrogens (tertiary/aromatic N) is 1. The van der Waals surface area contributed by atoms with Gasteiger partial charge in [-0.15, -0.1) is 0 Å². The van der Waals surface area contributed by atoms with E-state index in [2.05, 4.69) is 10.3 Å². The molecule has 29 heavy (non-hydrogen) atoms. The zero-order valence-corrected chi connectivity index (χ0v) is 18.2. The topological polar surface area (TPSA) is 91.5 Å². The maximum Gasteiger partial charge on any atom is 0.339 e. The van der Waals surface area contributed by atoms with Crippen LogP contribution in [-0.4, -0.2) is 47.9 Å². The molecule has 1 aromatic heterocycles. The quantitative estimate of drug-likeness (QED) is 0.631. The van der Waals surface area contributed by atoms with Crippen LogP contribution in [-0.2, 0) is 9.53 Å². The molecule has 0 radical (unpaired) electrons. The van der Waals surface area contributed by atoms with Crippen molar-refractivity contribution in [2.75, 3.05) is 25.5 Å².